The normalized spacial score (nSPS) is 28.2. The number of hydrogen-bond acceptors (Lipinski definition) is 3. The molecule has 176 valence electrons. The summed E-state index contributed by atoms with van der Waals surface area (Å²) in [5.41, 5.74) is 2.06. The van der Waals surface area contributed by atoms with Crippen LogP contribution in [-0.4, -0.2) is 49.3 Å². The summed E-state index contributed by atoms with van der Waals surface area (Å²) in [5, 5.41) is 3.45. The molecule has 4 nitrogen and oxygen atoms in total. The minimum Gasteiger partial charge on any atom is -0.456 e. The molecule has 0 spiro atoms. The van der Waals surface area contributed by atoms with Crippen molar-refractivity contribution in [2.24, 2.45) is 11.8 Å². The lowest BCUT2D eigenvalue weighted by atomic mass is 9.80. The summed E-state index contributed by atoms with van der Waals surface area (Å²) in [6.07, 6.45) is 9.51. The zero-order chi connectivity index (χ0) is 22.5. The van der Waals surface area contributed by atoms with E-state index in [0.29, 0.717) is 12.5 Å². The third kappa shape index (κ3) is 5.43. The van der Waals surface area contributed by atoms with Crippen LogP contribution in [0.15, 0.2) is 60.7 Å². The number of nitrogens with one attached hydrogen (secondary N) is 1. The van der Waals surface area contributed by atoms with Gasteiger partial charge in [-0.15, -0.1) is 0 Å². The van der Waals surface area contributed by atoms with Crippen molar-refractivity contribution in [2.45, 2.75) is 57.0 Å². The van der Waals surface area contributed by atoms with E-state index in [2.05, 4.69) is 5.32 Å². The number of anilines is 1. The molecule has 4 heteroatoms. The number of carbonyl (C=O) groups is 1. The topological polar surface area (TPSA) is 38.3 Å². The highest BCUT2D eigenvalue weighted by Gasteiger charge is 2.48. The maximum Gasteiger partial charge on any atom is 0.315 e. The fourth-order valence-electron chi connectivity index (χ4n) is 6.56. The van der Waals surface area contributed by atoms with Gasteiger partial charge >= 0.3 is 5.97 Å². The number of piperidine rings is 3. The van der Waals surface area contributed by atoms with Gasteiger partial charge in [0.15, 0.2) is 6.10 Å². The second kappa shape index (κ2) is 10.3. The van der Waals surface area contributed by atoms with Gasteiger partial charge in [0.25, 0.3) is 0 Å². The van der Waals surface area contributed by atoms with Gasteiger partial charge in [0.2, 0.25) is 0 Å². The van der Waals surface area contributed by atoms with Crippen LogP contribution in [0.4, 0.5) is 5.69 Å². The molecule has 3 aliphatic heterocycles. The average molecular weight is 448 g/mol. The maximum atomic E-state index is 13.5. The molecule has 1 N–H and O–H groups in total. The highest BCUT2D eigenvalue weighted by atomic mass is 16.5. The van der Waals surface area contributed by atoms with E-state index in [1.165, 1.54) is 69.1 Å². The van der Waals surface area contributed by atoms with Crippen molar-refractivity contribution in [1.29, 1.82) is 0 Å². The van der Waals surface area contributed by atoms with E-state index in [1.807, 2.05) is 60.7 Å². The number of benzene rings is 2. The lowest BCUT2D eigenvalue weighted by molar-refractivity contribution is -0.949. The van der Waals surface area contributed by atoms with Crippen LogP contribution in [0.2, 0.25) is 0 Å². The van der Waals surface area contributed by atoms with Crippen LogP contribution in [0, 0.1) is 11.8 Å². The van der Waals surface area contributed by atoms with Crippen molar-refractivity contribution in [3.8, 4) is 0 Å². The summed E-state index contributed by atoms with van der Waals surface area (Å²) in [4.78, 5) is 13.5. The Hall–Kier alpha value is -2.33. The first kappa shape index (κ1) is 22.5. The van der Waals surface area contributed by atoms with Gasteiger partial charge in [0, 0.05) is 36.9 Å². The molecule has 4 aliphatic rings. The number of hydrogen-bond donors (Lipinski definition) is 1. The van der Waals surface area contributed by atoms with Crippen molar-refractivity contribution < 1.29 is 14.0 Å². The first-order chi connectivity index (χ1) is 16.2. The number of fused-ring (bicyclic) bond motifs is 3. The number of rotatable bonds is 8. The molecule has 4 fully saturated rings. The quantitative estimate of drug-likeness (QED) is 0.422. The van der Waals surface area contributed by atoms with Gasteiger partial charge in [-0.25, -0.2) is 0 Å². The Morgan fingerprint density at radius 1 is 0.909 bits per heavy atom. The summed E-state index contributed by atoms with van der Waals surface area (Å²) in [7, 11) is 0. The monoisotopic (exact) mass is 447 g/mol. The molecule has 0 radical (unpaired) electrons. The van der Waals surface area contributed by atoms with Gasteiger partial charge in [-0.1, -0.05) is 67.8 Å². The highest BCUT2D eigenvalue weighted by Crippen LogP contribution is 2.39. The van der Waals surface area contributed by atoms with E-state index in [-0.39, 0.29) is 18.0 Å². The lowest BCUT2D eigenvalue weighted by Crippen LogP contribution is -2.65. The third-order valence-electron chi connectivity index (χ3n) is 8.45. The molecule has 1 aliphatic carbocycles. The fraction of sp³-hybridized carbons (Fsp3) is 0.552. The molecule has 2 aromatic rings. The van der Waals surface area contributed by atoms with Crippen molar-refractivity contribution in [3.63, 3.8) is 0 Å². The SMILES string of the molecule is O=C(O[C@H]1C[N+]2(CC3CCCCC3)CCC1CC2)[C@H](CNc1ccccc1)c1ccccc1. The van der Waals surface area contributed by atoms with E-state index in [4.69, 9.17) is 4.74 Å². The molecule has 2 bridgehead atoms. The van der Waals surface area contributed by atoms with Crippen LogP contribution in [0.5, 0.6) is 0 Å². The van der Waals surface area contributed by atoms with Crippen LogP contribution in [0.3, 0.4) is 0 Å². The number of ether oxygens (including phenoxy) is 1. The van der Waals surface area contributed by atoms with Crippen molar-refractivity contribution in [2.75, 3.05) is 38.0 Å². The van der Waals surface area contributed by atoms with Gasteiger partial charge in [0.05, 0.1) is 25.6 Å². The Balaban J connectivity index is 1.26. The zero-order valence-electron chi connectivity index (χ0n) is 19.8. The van der Waals surface area contributed by atoms with Crippen molar-refractivity contribution in [3.05, 3.63) is 66.2 Å². The second-order valence-corrected chi connectivity index (χ2v) is 10.7. The van der Waals surface area contributed by atoms with Gasteiger partial charge < -0.3 is 14.5 Å². The maximum absolute atomic E-state index is 13.5. The first-order valence-corrected chi connectivity index (χ1v) is 13.1. The molecular weight excluding hydrogens is 408 g/mol. The zero-order valence-corrected chi connectivity index (χ0v) is 19.8. The van der Waals surface area contributed by atoms with Crippen LogP contribution in [0.1, 0.15) is 56.4 Å². The molecular formula is C29H39N2O2+. The van der Waals surface area contributed by atoms with E-state index in [1.54, 1.807) is 0 Å². The number of para-hydroxylation sites is 1. The molecule has 2 atom stereocenters. The van der Waals surface area contributed by atoms with E-state index >= 15 is 0 Å². The Bertz CT molecular complexity index is 886. The van der Waals surface area contributed by atoms with E-state index in [9.17, 15) is 4.79 Å². The third-order valence-corrected chi connectivity index (χ3v) is 8.45. The standard InChI is InChI=1S/C29H39N2O2/c32-29(27(24-12-6-2-7-13-24)20-30-26-14-8-3-9-15-26)33-28-22-31(18-16-25(28)17-19-31)21-23-10-4-1-5-11-23/h2-3,6-9,12-15,23,25,27-28,30H,1,4-5,10-11,16-22H2/q+1/t25?,27-,28+,31?/m1/s1. The summed E-state index contributed by atoms with van der Waals surface area (Å²) in [6.45, 7) is 5.45. The summed E-state index contributed by atoms with van der Waals surface area (Å²) < 4.78 is 7.54. The number of quaternary nitrogens is 1. The van der Waals surface area contributed by atoms with Crippen LogP contribution in [0.25, 0.3) is 0 Å². The smallest absolute Gasteiger partial charge is 0.315 e. The Kier molecular flexibility index (Phi) is 7.01. The summed E-state index contributed by atoms with van der Waals surface area (Å²) in [5.74, 6) is 1.04. The molecule has 0 amide bonds. The van der Waals surface area contributed by atoms with Crippen LogP contribution < -0.4 is 5.32 Å². The Morgan fingerprint density at radius 3 is 2.27 bits per heavy atom. The first-order valence-electron chi connectivity index (χ1n) is 13.1. The van der Waals surface area contributed by atoms with Gasteiger partial charge in [-0.2, -0.15) is 0 Å². The summed E-state index contributed by atoms with van der Waals surface area (Å²) in [6, 6.07) is 20.2. The number of esters is 1. The molecule has 3 saturated heterocycles. The highest BCUT2D eigenvalue weighted by molar-refractivity contribution is 5.79. The van der Waals surface area contributed by atoms with Gasteiger partial charge in [-0.3, -0.25) is 4.79 Å². The molecule has 2 aromatic carbocycles. The molecule has 1 saturated carbocycles. The predicted molar refractivity (Wildman–Crippen MR) is 133 cm³/mol. The molecule has 3 heterocycles. The Morgan fingerprint density at radius 2 is 1.58 bits per heavy atom. The van der Waals surface area contributed by atoms with Gasteiger partial charge in [-0.05, 0) is 30.5 Å². The minimum absolute atomic E-state index is 0.0702. The molecule has 0 unspecified atom stereocenters. The molecule has 33 heavy (non-hydrogen) atoms. The van der Waals surface area contributed by atoms with Crippen molar-refractivity contribution in [1.82, 2.24) is 0 Å². The van der Waals surface area contributed by atoms with E-state index in [0.717, 1.165) is 23.7 Å². The molecule has 0 aromatic heterocycles. The lowest BCUT2D eigenvalue weighted by Gasteiger charge is -2.53. The fourth-order valence-corrected chi connectivity index (χ4v) is 6.56. The number of carbonyl (C=O) groups excluding carboxylic acids is 1. The number of nitrogens with zero attached hydrogens (tertiary/aromatic N) is 1. The largest absolute Gasteiger partial charge is 0.456 e. The van der Waals surface area contributed by atoms with Crippen LogP contribution in [-0.2, 0) is 9.53 Å². The van der Waals surface area contributed by atoms with E-state index < -0.39 is 0 Å². The minimum atomic E-state index is -0.298. The second-order valence-electron chi connectivity index (χ2n) is 10.7. The van der Waals surface area contributed by atoms with Crippen LogP contribution >= 0.6 is 0 Å². The van der Waals surface area contributed by atoms with Crippen molar-refractivity contribution >= 4 is 11.7 Å². The van der Waals surface area contributed by atoms with Gasteiger partial charge in [0.1, 0.15) is 6.54 Å². The predicted octanol–water partition coefficient (Wildman–Crippen LogP) is 5.61. The average Bonchev–Trinajstić information content (AvgIpc) is 2.86. The summed E-state index contributed by atoms with van der Waals surface area (Å²) >= 11 is 0. The molecule has 6 rings (SSSR count). The Labute approximate surface area is 198 Å².